The van der Waals surface area contributed by atoms with Gasteiger partial charge in [-0.25, -0.2) is 4.98 Å². The van der Waals surface area contributed by atoms with E-state index in [0.29, 0.717) is 11.4 Å². The summed E-state index contributed by atoms with van der Waals surface area (Å²) in [5.74, 6) is 0.625. The zero-order chi connectivity index (χ0) is 10.0. The molecule has 0 aliphatic rings. The smallest absolute Gasteiger partial charge is 0.256 e. The molecular formula is C8H12N4O. The fourth-order valence-corrected chi connectivity index (χ4v) is 1.00. The summed E-state index contributed by atoms with van der Waals surface area (Å²) >= 11 is 0. The zero-order valence-electron chi connectivity index (χ0n) is 7.66. The summed E-state index contributed by atoms with van der Waals surface area (Å²) in [6, 6.07) is 0. The molecule has 3 N–H and O–H groups in total. The molecule has 13 heavy (non-hydrogen) atoms. The average molecular weight is 180 g/mol. The molecule has 0 aliphatic carbocycles. The van der Waals surface area contributed by atoms with E-state index in [9.17, 15) is 4.79 Å². The molecule has 5 nitrogen and oxygen atoms in total. The maximum absolute atomic E-state index is 11.5. The van der Waals surface area contributed by atoms with Crippen LogP contribution >= 0.6 is 0 Å². The normalized spacial score (nSPS) is 10.0. The van der Waals surface area contributed by atoms with E-state index in [2.05, 4.69) is 4.98 Å². The van der Waals surface area contributed by atoms with E-state index < -0.39 is 0 Å². The van der Waals surface area contributed by atoms with Crippen LogP contribution in [-0.2, 0) is 13.5 Å². The monoisotopic (exact) mass is 180 g/mol. The van der Waals surface area contributed by atoms with E-state index in [1.54, 1.807) is 14.0 Å². The summed E-state index contributed by atoms with van der Waals surface area (Å²) in [5.41, 5.74) is 5.51. The van der Waals surface area contributed by atoms with Crippen LogP contribution in [0.5, 0.6) is 0 Å². The Hall–Kier alpha value is -1.65. The summed E-state index contributed by atoms with van der Waals surface area (Å²) in [6.45, 7) is 1.75. The second-order valence-electron chi connectivity index (χ2n) is 2.90. The van der Waals surface area contributed by atoms with Crippen LogP contribution in [0, 0.1) is 12.3 Å². The van der Waals surface area contributed by atoms with E-state index in [1.165, 1.54) is 10.8 Å². The quantitative estimate of drug-likeness (QED) is 0.478. The Morgan fingerprint density at radius 3 is 2.92 bits per heavy atom. The number of nitrogens with one attached hydrogen (secondary N) is 1. The van der Waals surface area contributed by atoms with Crippen molar-refractivity contribution >= 4 is 5.84 Å². The number of hydrogen-bond donors (Lipinski definition) is 2. The van der Waals surface area contributed by atoms with Crippen molar-refractivity contribution in [3.8, 4) is 0 Å². The summed E-state index contributed by atoms with van der Waals surface area (Å²) < 4.78 is 1.44. The standard InChI is InChI=1S/C8H12N4O/c1-5-11-4-6(3-7(9)10)8(13)12(5)2/h4H,3H2,1-2H3,(H3,9,10). The molecule has 1 aromatic heterocycles. The second-order valence-corrected chi connectivity index (χ2v) is 2.90. The lowest BCUT2D eigenvalue weighted by Crippen LogP contribution is -2.27. The Bertz CT molecular complexity index is 394. The first kappa shape index (κ1) is 9.44. The minimum Gasteiger partial charge on any atom is -0.387 e. The van der Waals surface area contributed by atoms with Crippen LogP contribution in [-0.4, -0.2) is 15.4 Å². The minimum absolute atomic E-state index is 0.0252. The molecule has 0 atom stereocenters. The largest absolute Gasteiger partial charge is 0.387 e. The molecular weight excluding hydrogens is 168 g/mol. The molecule has 0 fully saturated rings. The Balaban J connectivity index is 3.19. The third kappa shape index (κ3) is 1.93. The van der Waals surface area contributed by atoms with Crippen molar-refractivity contribution in [1.29, 1.82) is 5.41 Å². The molecule has 0 radical (unpaired) electrons. The van der Waals surface area contributed by atoms with Crippen molar-refractivity contribution in [2.24, 2.45) is 12.8 Å². The summed E-state index contributed by atoms with van der Waals surface area (Å²) in [4.78, 5) is 15.5. The van der Waals surface area contributed by atoms with Gasteiger partial charge in [-0.2, -0.15) is 0 Å². The molecule has 1 aromatic rings. The molecule has 0 bridgehead atoms. The van der Waals surface area contributed by atoms with Crippen molar-refractivity contribution < 1.29 is 0 Å². The van der Waals surface area contributed by atoms with Gasteiger partial charge in [-0.05, 0) is 6.92 Å². The highest BCUT2D eigenvalue weighted by molar-refractivity contribution is 5.79. The molecule has 0 saturated carbocycles. The van der Waals surface area contributed by atoms with Gasteiger partial charge in [0.15, 0.2) is 0 Å². The number of hydrogen-bond acceptors (Lipinski definition) is 3. The van der Waals surface area contributed by atoms with Gasteiger partial charge in [0.1, 0.15) is 5.82 Å². The van der Waals surface area contributed by atoms with Gasteiger partial charge in [0.05, 0.1) is 5.84 Å². The van der Waals surface area contributed by atoms with Crippen LogP contribution in [0.2, 0.25) is 0 Å². The lowest BCUT2D eigenvalue weighted by atomic mass is 10.2. The third-order valence-corrected chi connectivity index (χ3v) is 1.85. The predicted octanol–water partition coefficient (Wildman–Crippen LogP) is -0.433. The van der Waals surface area contributed by atoms with E-state index in [4.69, 9.17) is 11.1 Å². The Labute approximate surface area is 75.7 Å². The third-order valence-electron chi connectivity index (χ3n) is 1.85. The molecule has 0 aliphatic heterocycles. The minimum atomic E-state index is -0.136. The van der Waals surface area contributed by atoms with Crippen LogP contribution < -0.4 is 11.3 Å². The van der Waals surface area contributed by atoms with Crippen molar-refractivity contribution in [3.05, 3.63) is 27.9 Å². The van der Waals surface area contributed by atoms with Crippen LogP contribution in [0.4, 0.5) is 0 Å². The number of aryl methyl sites for hydroxylation is 1. The van der Waals surface area contributed by atoms with E-state index >= 15 is 0 Å². The molecule has 0 amide bonds. The number of nitrogens with zero attached hydrogens (tertiary/aromatic N) is 2. The van der Waals surface area contributed by atoms with E-state index in [-0.39, 0.29) is 17.8 Å². The van der Waals surface area contributed by atoms with Crippen molar-refractivity contribution in [1.82, 2.24) is 9.55 Å². The molecule has 1 rings (SSSR count). The van der Waals surface area contributed by atoms with E-state index in [1.807, 2.05) is 0 Å². The summed E-state index contributed by atoms with van der Waals surface area (Å²) in [6.07, 6.45) is 1.64. The van der Waals surface area contributed by atoms with Crippen LogP contribution in [0.3, 0.4) is 0 Å². The fourth-order valence-electron chi connectivity index (χ4n) is 1.00. The molecule has 0 unspecified atom stereocenters. The predicted molar refractivity (Wildman–Crippen MR) is 49.8 cm³/mol. The molecule has 5 heteroatoms. The Morgan fingerprint density at radius 1 is 1.77 bits per heavy atom. The lowest BCUT2D eigenvalue weighted by molar-refractivity contribution is 0.760. The van der Waals surface area contributed by atoms with Gasteiger partial charge >= 0.3 is 0 Å². The lowest BCUT2D eigenvalue weighted by Gasteiger charge is -2.04. The number of aromatic nitrogens is 2. The fraction of sp³-hybridized carbons (Fsp3) is 0.375. The second kappa shape index (κ2) is 3.38. The highest BCUT2D eigenvalue weighted by Gasteiger charge is 2.04. The number of rotatable bonds is 2. The van der Waals surface area contributed by atoms with Crippen molar-refractivity contribution in [3.63, 3.8) is 0 Å². The van der Waals surface area contributed by atoms with Gasteiger partial charge in [0.2, 0.25) is 0 Å². The van der Waals surface area contributed by atoms with Crippen LogP contribution in [0.1, 0.15) is 11.4 Å². The van der Waals surface area contributed by atoms with Gasteiger partial charge in [-0.3, -0.25) is 14.8 Å². The van der Waals surface area contributed by atoms with Gasteiger partial charge in [-0.1, -0.05) is 0 Å². The molecule has 1 heterocycles. The summed E-state index contributed by atoms with van der Waals surface area (Å²) in [5, 5.41) is 7.05. The Kier molecular flexibility index (Phi) is 2.46. The van der Waals surface area contributed by atoms with E-state index in [0.717, 1.165) is 0 Å². The van der Waals surface area contributed by atoms with Gasteiger partial charge < -0.3 is 5.73 Å². The van der Waals surface area contributed by atoms with Gasteiger partial charge in [-0.15, -0.1) is 0 Å². The average Bonchev–Trinajstić information content (AvgIpc) is 2.06. The maximum atomic E-state index is 11.5. The maximum Gasteiger partial charge on any atom is 0.256 e. The first-order chi connectivity index (χ1) is 6.02. The highest BCUT2D eigenvalue weighted by Crippen LogP contribution is 1.92. The number of nitrogens with two attached hydrogens (primary N) is 1. The first-order valence-corrected chi connectivity index (χ1v) is 3.86. The van der Waals surface area contributed by atoms with Crippen LogP contribution in [0.25, 0.3) is 0 Å². The van der Waals surface area contributed by atoms with Crippen LogP contribution in [0.15, 0.2) is 11.0 Å². The highest BCUT2D eigenvalue weighted by atomic mass is 16.1. The SMILES string of the molecule is Cc1ncc(CC(=N)N)c(=O)n1C. The number of amidine groups is 1. The topological polar surface area (TPSA) is 84.8 Å². The molecule has 0 spiro atoms. The zero-order valence-corrected chi connectivity index (χ0v) is 7.66. The van der Waals surface area contributed by atoms with Gasteiger partial charge in [0.25, 0.3) is 5.56 Å². The molecule has 0 aromatic carbocycles. The van der Waals surface area contributed by atoms with Gasteiger partial charge in [0, 0.05) is 25.2 Å². The van der Waals surface area contributed by atoms with Crippen molar-refractivity contribution in [2.45, 2.75) is 13.3 Å². The Morgan fingerprint density at radius 2 is 2.38 bits per heavy atom. The van der Waals surface area contributed by atoms with Crippen molar-refractivity contribution in [2.75, 3.05) is 0 Å². The first-order valence-electron chi connectivity index (χ1n) is 3.86. The molecule has 0 saturated heterocycles. The molecule has 70 valence electrons. The summed E-state index contributed by atoms with van der Waals surface area (Å²) in [7, 11) is 1.65.